The molecule has 0 unspecified atom stereocenters. The first kappa shape index (κ1) is 4.80. The van der Waals surface area contributed by atoms with Gasteiger partial charge in [0, 0.05) is 0 Å². The predicted molar refractivity (Wildman–Crippen MR) is 13.7 cm³/mol. The molecule has 0 aliphatic heterocycles. The van der Waals surface area contributed by atoms with E-state index in [9.17, 15) is 0 Å². The monoisotopic (exact) mass is 78.0 g/mol. The molecule has 0 saturated carbocycles. The number of hydrogen-bond donors (Lipinski definition) is 0. The van der Waals surface area contributed by atoms with Gasteiger partial charge in [0.15, 0.2) is 0 Å². The van der Waals surface area contributed by atoms with Gasteiger partial charge in [-0.1, -0.05) is 0 Å². The minimum Gasteiger partial charge on any atom is -0.629 e. The van der Waals surface area contributed by atoms with E-state index in [4.69, 9.17) is 20.8 Å². The maximum atomic E-state index is 8.38. The molecule has 0 aromatic carbocycles. The van der Waals surface area contributed by atoms with Crippen LogP contribution in [0.15, 0.2) is 0 Å². The lowest BCUT2D eigenvalue weighted by Crippen LogP contribution is -2.16. The summed E-state index contributed by atoms with van der Waals surface area (Å²) in [4.78, 5) is 0. The summed E-state index contributed by atoms with van der Waals surface area (Å²) in [6.07, 6.45) is 0. The van der Waals surface area contributed by atoms with Crippen molar-refractivity contribution in [2.24, 2.45) is 0 Å². The van der Waals surface area contributed by atoms with Crippen LogP contribution in [0.5, 0.6) is 0 Å². The van der Waals surface area contributed by atoms with Gasteiger partial charge in [0.2, 0.25) is 0 Å². The molecule has 0 atom stereocenters. The molecule has 0 radical (unpaired) electrons. The number of rotatable bonds is 0. The molecule has 0 N–H and O–H groups in total. The third-order valence-electron chi connectivity index (χ3n) is 0. The molecule has 0 bridgehead atoms. The maximum Gasteiger partial charge on any atom is -0.483 e. The number of nitrogens with zero attached hydrogens (tertiary/aromatic N) is 1. The molecule has 0 aliphatic rings. The van der Waals surface area contributed by atoms with E-state index >= 15 is 0 Å². The van der Waals surface area contributed by atoms with Crippen molar-refractivity contribution in [3.8, 4) is 0 Å². The van der Waals surface area contributed by atoms with Gasteiger partial charge in [0.25, 0.3) is 0 Å². The lowest BCUT2D eigenvalue weighted by molar-refractivity contribution is -0.718. The minimum absolute atomic E-state index is 4.00. The fourth-order valence-corrected chi connectivity index (χ4v) is 0. The first-order chi connectivity index (χ1) is 2.00. The second-order valence-corrected chi connectivity index (χ2v) is 0.447. The van der Waals surface area contributed by atoms with Crippen LogP contribution in [0.1, 0.15) is 0 Å². The Bertz CT molecular complexity index is 19.1. The highest BCUT2D eigenvalue weighted by Crippen LogP contribution is 1.86. The Balaban J connectivity index is 3.02. The smallest absolute Gasteiger partial charge is 0.483 e. The number of hydrogen-bond acceptors (Lipinski definition) is 4. The first-order valence-corrected chi connectivity index (χ1v) is 0.730. The summed E-state index contributed by atoms with van der Waals surface area (Å²) in [6.45, 7) is 0. The summed E-state index contributed by atoms with van der Waals surface area (Å²) in [7, 11) is 0. The van der Waals surface area contributed by atoms with Crippen molar-refractivity contribution in [1.82, 2.24) is 0 Å². The molecule has 32 valence electrons. The van der Waals surface area contributed by atoms with E-state index in [0.29, 0.717) is 0 Å². The molecule has 0 amide bonds. The summed E-state index contributed by atoms with van der Waals surface area (Å²) >= 11 is 0. The minimum atomic E-state index is -4.00. The Morgan fingerprint density at radius 3 is 0.800 bits per heavy atom. The van der Waals surface area contributed by atoms with Crippen LogP contribution >= 0.6 is 0 Å². The normalized spacial score (nSPS) is 12.0. The van der Waals surface area contributed by atoms with E-state index in [1.165, 1.54) is 0 Å². The summed E-state index contributed by atoms with van der Waals surface area (Å²) in [5.41, 5.74) is 0. The highest BCUT2D eigenvalue weighted by molar-refractivity contribution is 4.35. The average Bonchev–Trinajstić information content (AvgIpc) is 0.722. The van der Waals surface area contributed by atoms with E-state index < -0.39 is 5.14 Å². The van der Waals surface area contributed by atoms with Crippen molar-refractivity contribution in [3.05, 3.63) is 20.8 Å². The van der Waals surface area contributed by atoms with Crippen LogP contribution < -0.4 is 0 Å². The topological polar surface area (TPSA) is 92.2 Å². The van der Waals surface area contributed by atoms with E-state index in [-0.39, 0.29) is 0 Å². The van der Waals surface area contributed by atoms with Gasteiger partial charge in [-0.15, -0.1) is 0 Å². The van der Waals surface area contributed by atoms with Gasteiger partial charge in [-0.25, -0.2) is 0 Å². The number of quaternary nitrogens is 1. The van der Waals surface area contributed by atoms with Crippen molar-refractivity contribution in [2.45, 2.75) is 0 Å². The summed E-state index contributed by atoms with van der Waals surface area (Å²) in [5, 5.41) is 29.5. The van der Waals surface area contributed by atoms with E-state index in [1.807, 2.05) is 0 Å². The molecular formula is NO4-3. The highest BCUT2D eigenvalue weighted by Gasteiger charge is 1.45. The molecule has 0 saturated heterocycles. The molecule has 0 aromatic heterocycles. The quantitative estimate of drug-likeness (QED) is 0.296. The fourth-order valence-electron chi connectivity index (χ4n) is 0. The van der Waals surface area contributed by atoms with Gasteiger partial charge < -0.3 is 26.0 Å². The Hall–Kier alpha value is -0.200. The van der Waals surface area contributed by atoms with Crippen LogP contribution in [0.2, 0.25) is 0 Å². The van der Waals surface area contributed by atoms with Crippen LogP contribution in [0.25, 0.3) is 0 Å². The zero-order valence-corrected chi connectivity index (χ0v) is 2.08. The second-order valence-electron chi connectivity index (χ2n) is 0.447. The Morgan fingerprint density at radius 2 is 0.800 bits per heavy atom. The van der Waals surface area contributed by atoms with Gasteiger partial charge in [-0.2, -0.15) is 0 Å². The van der Waals surface area contributed by atoms with E-state index in [2.05, 4.69) is 0 Å². The molecule has 5 nitrogen and oxygen atoms in total. The second kappa shape index (κ2) is 0.886. The largest absolute Gasteiger partial charge is 0.629 e. The van der Waals surface area contributed by atoms with Gasteiger partial charge in [0.05, 0.1) is 0 Å². The van der Waals surface area contributed by atoms with Crippen molar-refractivity contribution in [1.29, 1.82) is 0 Å². The van der Waals surface area contributed by atoms with Crippen molar-refractivity contribution < 1.29 is 5.14 Å². The lowest BCUT2D eigenvalue weighted by atomic mass is 12.8. The van der Waals surface area contributed by atoms with Gasteiger partial charge in [-0.3, -0.25) is 0 Å². The van der Waals surface area contributed by atoms with Gasteiger partial charge in [-0.05, 0) is 0 Å². The Labute approximate surface area is 27.3 Å². The van der Waals surface area contributed by atoms with E-state index in [1.54, 1.807) is 0 Å². The molecule has 0 aliphatic carbocycles. The van der Waals surface area contributed by atoms with Crippen LogP contribution in [0, 0.1) is 20.8 Å². The SMILES string of the molecule is [O-][N+]([O-])([O-])[O-]. The maximum absolute atomic E-state index is 8.38. The zero-order chi connectivity index (χ0) is 4.50. The molecule has 0 rings (SSSR count). The van der Waals surface area contributed by atoms with Gasteiger partial charge in [0.1, 0.15) is 0 Å². The lowest BCUT2D eigenvalue weighted by Gasteiger charge is -2.56. The molecule has 0 spiro atoms. The zero-order valence-electron chi connectivity index (χ0n) is 2.08. The molecule has 5 heavy (non-hydrogen) atoms. The van der Waals surface area contributed by atoms with Crippen LogP contribution in [-0.4, -0.2) is 5.14 Å². The third-order valence-corrected chi connectivity index (χ3v) is 0. The first-order valence-electron chi connectivity index (χ1n) is 0.730. The highest BCUT2D eigenvalue weighted by atomic mass is 17.2. The fraction of sp³-hybridized carbons (Fsp3) is 0. The molecule has 0 aromatic rings. The summed E-state index contributed by atoms with van der Waals surface area (Å²) in [6, 6.07) is 0. The van der Waals surface area contributed by atoms with Crippen LogP contribution in [0.4, 0.5) is 0 Å². The van der Waals surface area contributed by atoms with Crippen molar-refractivity contribution >= 4 is 0 Å². The Morgan fingerprint density at radius 1 is 0.800 bits per heavy atom. The summed E-state index contributed by atoms with van der Waals surface area (Å²) in [5.74, 6) is 0. The predicted octanol–water partition coefficient (Wildman–Crippen LogP) is -0.206. The molecule has 0 heterocycles. The van der Waals surface area contributed by atoms with E-state index in [0.717, 1.165) is 0 Å². The standard InChI is InChI=1S/NO4/c2-1(3,4)5/q-3. The summed E-state index contributed by atoms with van der Waals surface area (Å²) < 4.78 is 0. The van der Waals surface area contributed by atoms with Crippen LogP contribution in [-0.2, 0) is 0 Å². The van der Waals surface area contributed by atoms with Crippen molar-refractivity contribution in [2.75, 3.05) is 0 Å². The third kappa shape index (κ3) is 308. The average molecular weight is 78.0 g/mol. The molecular weight excluding hydrogens is 78.0 g/mol. The molecule has 0 fully saturated rings. The van der Waals surface area contributed by atoms with Gasteiger partial charge >= 0.3 is 0 Å². The van der Waals surface area contributed by atoms with Crippen molar-refractivity contribution in [3.63, 3.8) is 0 Å². The Kier molecular flexibility index (Phi) is 0.850. The molecule has 5 heteroatoms. The van der Waals surface area contributed by atoms with Crippen LogP contribution in [0.3, 0.4) is 0 Å².